The minimum absolute atomic E-state index is 0.0471. The molecule has 0 saturated heterocycles. The van der Waals surface area contributed by atoms with E-state index in [0.29, 0.717) is 36.0 Å². The van der Waals surface area contributed by atoms with Crippen LogP contribution in [0.15, 0.2) is 11.6 Å². The fraction of sp³-hybridized carbons (Fsp3) is 0.926. The Morgan fingerprint density at radius 3 is 2.48 bits per heavy atom. The molecule has 2 nitrogen and oxygen atoms in total. The molecule has 0 amide bonds. The molecule has 4 aliphatic carbocycles. The van der Waals surface area contributed by atoms with Crippen molar-refractivity contribution in [3.8, 4) is 0 Å². The molecule has 0 aromatic carbocycles. The predicted octanol–water partition coefficient (Wildman–Crippen LogP) is 7.34. The topological polar surface area (TPSA) is 40.5 Å². The first-order valence-corrected chi connectivity index (χ1v) is 13.2. The second kappa shape index (κ2) is 8.80. The van der Waals surface area contributed by atoms with Gasteiger partial charge in [-0.1, -0.05) is 38.8 Å². The van der Waals surface area contributed by atoms with Crippen LogP contribution in [-0.2, 0) is 0 Å². The van der Waals surface area contributed by atoms with Crippen molar-refractivity contribution in [2.45, 2.75) is 115 Å². The summed E-state index contributed by atoms with van der Waals surface area (Å²) in [6, 6.07) is 0. The molecule has 33 heavy (non-hydrogen) atoms. The van der Waals surface area contributed by atoms with Crippen LogP contribution in [0.3, 0.4) is 0 Å². The summed E-state index contributed by atoms with van der Waals surface area (Å²) in [6.07, 6.45) is 6.27. The van der Waals surface area contributed by atoms with Crippen LogP contribution in [0.1, 0.15) is 97.8 Å². The molecule has 4 rings (SSSR count). The summed E-state index contributed by atoms with van der Waals surface area (Å²) in [5.74, 6) is -0.782. The van der Waals surface area contributed by atoms with Gasteiger partial charge < -0.3 is 10.2 Å². The van der Waals surface area contributed by atoms with Crippen LogP contribution in [0, 0.1) is 40.9 Å². The van der Waals surface area contributed by atoms with E-state index >= 15 is 0 Å². The summed E-state index contributed by atoms with van der Waals surface area (Å²) in [5, 5.41) is 20.0. The number of hydrogen-bond donors (Lipinski definition) is 2. The van der Waals surface area contributed by atoms with Gasteiger partial charge in [-0.05, 0) is 105 Å². The Hall–Kier alpha value is -0.620. The maximum absolute atomic E-state index is 13.6. The Morgan fingerprint density at radius 2 is 1.82 bits per heavy atom. The molecule has 0 bridgehead atoms. The van der Waals surface area contributed by atoms with Gasteiger partial charge in [0.25, 0.3) is 0 Å². The summed E-state index contributed by atoms with van der Waals surface area (Å²) in [5.41, 5.74) is 1.16. The van der Waals surface area contributed by atoms with Gasteiger partial charge in [-0.2, -0.15) is 13.2 Å². The fourth-order valence-electron chi connectivity index (χ4n) is 8.64. The van der Waals surface area contributed by atoms with Crippen molar-refractivity contribution in [1.29, 1.82) is 0 Å². The van der Waals surface area contributed by atoms with E-state index in [4.69, 9.17) is 5.11 Å². The van der Waals surface area contributed by atoms with E-state index in [1.807, 2.05) is 0 Å². The molecular formula is C27H42F4O2. The van der Waals surface area contributed by atoms with E-state index in [2.05, 4.69) is 26.8 Å². The number of rotatable bonds is 6. The molecule has 0 heterocycles. The molecule has 0 aromatic heterocycles. The molecule has 0 aromatic rings. The highest BCUT2D eigenvalue weighted by Crippen LogP contribution is 2.65. The molecule has 190 valence electrons. The molecule has 2 unspecified atom stereocenters. The summed E-state index contributed by atoms with van der Waals surface area (Å²) >= 11 is 0. The van der Waals surface area contributed by atoms with E-state index in [9.17, 15) is 22.7 Å². The van der Waals surface area contributed by atoms with E-state index in [-0.39, 0.29) is 17.8 Å². The van der Waals surface area contributed by atoms with Crippen molar-refractivity contribution in [3.05, 3.63) is 11.6 Å². The monoisotopic (exact) mass is 474 g/mol. The third-order valence-electron chi connectivity index (χ3n) is 10.6. The highest BCUT2D eigenvalue weighted by atomic mass is 19.4. The number of allylic oxidation sites excluding steroid dienone is 1. The molecule has 3 saturated carbocycles. The van der Waals surface area contributed by atoms with Gasteiger partial charge in [0.2, 0.25) is 0 Å². The second-order valence-corrected chi connectivity index (χ2v) is 12.2. The van der Waals surface area contributed by atoms with Gasteiger partial charge in [-0.25, -0.2) is 4.39 Å². The van der Waals surface area contributed by atoms with Crippen LogP contribution in [0.4, 0.5) is 17.6 Å². The fourth-order valence-corrected chi connectivity index (χ4v) is 8.64. The number of aliphatic hydroxyl groups is 2. The molecule has 4 aliphatic rings. The largest absolute Gasteiger partial charge is 0.448 e. The smallest absolute Gasteiger partial charge is 0.390 e. The van der Waals surface area contributed by atoms with Gasteiger partial charge in [0, 0.05) is 6.42 Å². The zero-order valence-electron chi connectivity index (χ0n) is 20.4. The maximum atomic E-state index is 13.6. The lowest BCUT2D eigenvalue weighted by molar-refractivity contribution is -0.317. The van der Waals surface area contributed by atoms with Crippen LogP contribution >= 0.6 is 0 Å². The minimum atomic E-state index is -5.22. The molecule has 2 N–H and O–H groups in total. The van der Waals surface area contributed by atoms with Crippen LogP contribution in [0.25, 0.3) is 0 Å². The van der Waals surface area contributed by atoms with Gasteiger partial charge in [-0.15, -0.1) is 0 Å². The predicted molar refractivity (Wildman–Crippen MR) is 121 cm³/mol. The van der Waals surface area contributed by atoms with Gasteiger partial charge in [0.05, 0.1) is 5.60 Å². The standard InChI is InChI=1S/C27H42F4O2/c1-4-25(32)15-12-19-18(16-25)7-8-21-20(19)11-14-24(3)22(9-10-23(21)24)17(2)6-5-13-26(28,33)27(29,30)31/h7,17,19-23,32-33H,4-6,8-16H2,1-3H3/t17?,19-,20+,21?,22+,23-,24+,25-,26-/m0/s1. The quantitative estimate of drug-likeness (QED) is 0.312. The van der Waals surface area contributed by atoms with Gasteiger partial charge in [-0.3, -0.25) is 0 Å². The Bertz CT molecular complexity index is 747. The third-order valence-corrected chi connectivity index (χ3v) is 10.6. The number of halogens is 4. The zero-order chi connectivity index (χ0) is 24.2. The highest BCUT2D eigenvalue weighted by molar-refractivity contribution is 5.22. The lowest BCUT2D eigenvalue weighted by Gasteiger charge is -2.55. The van der Waals surface area contributed by atoms with E-state index in [1.165, 1.54) is 18.4 Å². The maximum Gasteiger partial charge on any atom is 0.448 e. The lowest BCUT2D eigenvalue weighted by Crippen LogP contribution is -2.48. The molecule has 0 aliphatic heterocycles. The van der Waals surface area contributed by atoms with Crippen LogP contribution in [-0.4, -0.2) is 27.8 Å². The summed E-state index contributed by atoms with van der Waals surface area (Å²) in [4.78, 5) is 0. The van der Waals surface area contributed by atoms with Crippen molar-refractivity contribution in [3.63, 3.8) is 0 Å². The van der Waals surface area contributed by atoms with Gasteiger partial charge in [0.15, 0.2) is 0 Å². The summed E-state index contributed by atoms with van der Waals surface area (Å²) < 4.78 is 51.5. The Kier molecular flexibility index (Phi) is 6.79. The molecule has 6 heteroatoms. The Balaban J connectivity index is 1.40. The third kappa shape index (κ3) is 4.52. The number of hydrogen-bond acceptors (Lipinski definition) is 2. The van der Waals surface area contributed by atoms with Crippen molar-refractivity contribution in [1.82, 2.24) is 0 Å². The van der Waals surface area contributed by atoms with Crippen LogP contribution in [0.2, 0.25) is 0 Å². The lowest BCUT2D eigenvalue weighted by atomic mass is 9.50. The van der Waals surface area contributed by atoms with Crippen LogP contribution < -0.4 is 0 Å². The normalized spacial score (nSPS) is 43.7. The van der Waals surface area contributed by atoms with Crippen LogP contribution in [0.5, 0.6) is 0 Å². The van der Waals surface area contributed by atoms with Crippen molar-refractivity contribution in [2.24, 2.45) is 40.9 Å². The molecule has 3 fully saturated rings. The minimum Gasteiger partial charge on any atom is -0.390 e. The zero-order valence-corrected chi connectivity index (χ0v) is 20.4. The van der Waals surface area contributed by atoms with E-state index in [1.54, 1.807) is 0 Å². The van der Waals surface area contributed by atoms with Crippen molar-refractivity contribution < 1.29 is 27.8 Å². The molecular weight excluding hydrogens is 432 g/mol. The van der Waals surface area contributed by atoms with Crippen molar-refractivity contribution >= 4 is 0 Å². The molecule has 0 radical (unpaired) electrons. The average molecular weight is 475 g/mol. The summed E-state index contributed by atoms with van der Waals surface area (Å²) in [7, 11) is 0. The van der Waals surface area contributed by atoms with Crippen molar-refractivity contribution in [2.75, 3.05) is 0 Å². The average Bonchev–Trinajstić information content (AvgIpc) is 3.09. The highest BCUT2D eigenvalue weighted by Gasteiger charge is 2.57. The Labute approximate surface area is 196 Å². The number of alkyl halides is 4. The number of fused-ring (bicyclic) bond motifs is 5. The van der Waals surface area contributed by atoms with E-state index < -0.39 is 24.1 Å². The summed E-state index contributed by atoms with van der Waals surface area (Å²) in [6.45, 7) is 6.59. The first-order chi connectivity index (χ1) is 15.3. The first-order valence-electron chi connectivity index (χ1n) is 13.2. The van der Waals surface area contributed by atoms with E-state index in [0.717, 1.165) is 44.9 Å². The first kappa shape index (κ1) is 25.5. The molecule has 0 spiro atoms. The second-order valence-electron chi connectivity index (χ2n) is 12.2. The SMILES string of the molecule is CC[C@]1(O)CC[C@H]2C(=CCC3[C@@H]2CC[C@]2(C)[C@@H](C(C)CCC[C@@](O)(F)C(F)(F)F)CC[C@@H]32)C1. The Morgan fingerprint density at radius 1 is 1.09 bits per heavy atom. The molecule has 9 atom stereocenters. The van der Waals surface area contributed by atoms with Gasteiger partial charge in [0.1, 0.15) is 0 Å². The van der Waals surface area contributed by atoms with Gasteiger partial charge >= 0.3 is 12.0 Å².